The number of benzene rings is 1. The number of halogens is 1. The smallest absolute Gasteiger partial charge is 0.321 e. The monoisotopic (exact) mass is 281 g/mol. The van der Waals surface area contributed by atoms with Crippen LogP contribution < -0.4 is 5.32 Å². The number of hydrogen-bond acceptors (Lipinski definition) is 3. The molecule has 1 aromatic carbocycles. The lowest BCUT2D eigenvalue weighted by Gasteiger charge is -2.30. The van der Waals surface area contributed by atoms with E-state index in [1.165, 1.54) is 6.07 Å². The third kappa shape index (κ3) is 3.23. The van der Waals surface area contributed by atoms with Gasteiger partial charge in [-0.3, -0.25) is 10.1 Å². The van der Waals surface area contributed by atoms with Gasteiger partial charge in [-0.1, -0.05) is 6.92 Å². The molecule has 1 aromatic rings. The highest BCUT2D eigenvalue weighted by Gasteiger charge is 2.21. The number of nitrogens with zero attached hydrogens (tertiary/aromatic N) is 2. The maximum atomic E-state index is 13.2. The van der Waals surface area contributed by atoms with Crippen LogP contribution in [-0.4, -0.2) is 28.9 Å². The molecule has 1 fully saturated rings. The van der Waals surface area contributed by atoms with Crippen LogP contribution in [-0.2, 0) is 0 Å². The summed E-state index contributed by atoms with van der Waals surface area (Å²) in [5.74, 6) is -0.314. The molecule has 0 atom stereocenters. The molecule has 0 saturated carbocycles. The van der Waals surface area contributed by atoms with Crippen molar-refractivity contribution < 1.29 is 14.1 Å². The number of carbonyl (C=O) groups excluding carboxylic acids is 1. The van der Waals surface area contributed by atoms with Crippen LogP contribution in [0.5, 0.6) is 0 Å². The molecule has 1 saturated heterocycles. The molecule has 2 amide bonds. The molecule has 1 heterocycles. The Morgan fingerprint density at radius 2 is 2.10 bits per heavy atom. The van der Waals surface area contributed by atoms with Crippen molar-refractivity contribution in [1.29, 1.82) is 0 Å². The van der Waals surface area contributed by atoms with Gasteiger partial charge in [-0.15, -0.1) is 0 Å². The van der Waals surface area contributed by atoms with Crippen molar-refractivity contribution in [1.82, 2.24) is 4.90 Å². The number of urea groups is 1. The van der Waals surface area contributed by atoms with E-state index in [1.807, 2.05) is 0 Å². The summed E-state index contributed by atoms with van der Waals surface area (Å²) in [6.07, 6.45) is 1.88. The molecule has 1 N–H and O–H groups in total. The molecule has 1 aliphatic heterocycles. The highest BCUT2D eigenvalue weighted by atomic mass is 19.1. The minimum absolute atomic E-state index is 0.224. The summed E-state index contributed by atoms with van der Waals surface area (Å²) < 4.78 is 13.2. The van der Waals surface area contributed by atoms with Gasteiger partial charge in [-0.2, -0.15) is 4.39 Å². The Morgan fingerprint density at radius 3 is 2.70 bits per heavy atom. The number of hydrogen-bond donors (Lipinski definition) is 1. The number of nitro groups is 1. The molecular formula is C13H16FN3O3. The first kappa shape index (κ1) is 14.2. The van der Waals surface area contributed by atoms with Crippen LogP contribution in [0, 0.1) is 21.8 Å². The summed E-state index contributed by atoms with van der Waals surface area (Å²) in [5.41, 5.74) is -0.420. The molecule has 20 heavy (non-hydrogen) atoms. The zero-order chi connectivity index (χ0) is 14.7. The first-order chi connectivity index (χ1) is 9.47. The number of anilines is 1. The van der Waals surface area contributed by atoms with Gasteiger partial charge < -0.3 is 10.2 Å². The van der Waals surface area contributed by atoms with E-state index in [0.717, 1.165) is 25.0 Å². The lowest BCUT2D eigenvalue weighted by Crippen LogP contribution is -2.40. The third-order valence-corrected chi connectivity index (χ3v) is 3.46. The van der Waals surface area contributed by atoms with Crippen molar-refractivity contribution >= 4 is 17.4 Å². The normalized spacial score (nSPS) is 16.0. The second-order valence-corrected chi connectivity index (χ2v) is 5.02. The van der Waals surface area contributed by atoms with Gasteiger partial charge in [0.05, 0.1) is 4.92 Å². The van der Waals surface area contributed by atoms with E-state index < -0.39 is 16.4 Å². The number of likely N-dealkylation sites (tertiary alicyclic amines) is 1. The second kappa shape index (κ2) is 5.85. The van der Waals surface area contributed by atoms with Crippen molar-refractivity contribution in [3.05, 3.63) is 34.1 Å². The van der Waals surface area contributed by atoms with Crippen LogP contribution in [0.25, 0.3) is 0 Å². The minimum Gasteiger partial charge on any atom is -0.325 e. The van der Waals surface area contributed by atoms with Gasteiger partial charge in [0.15, 0.2) is 0 Å². The first-order valence-electron chi connectivity index (χ1n) is 6.47. The molecule has 0 aliphatic carbocycles. The zero-order valence-electron chi connectivity index (χ0n) is 11.1. The number of nitro benzene ring substituents is 1. The average molecular weight is 281 g/mol. The SMILES string of the molecule is CC1CCN(C(=O)Nc2ccc(F)c([N+](=O)[O-])c2)CC1. The Bertz CT molecular complexity index is 528. The summed E-state index contributed by atoms with van der Waals surface area (Å²) in [6, 6.07) is 3.01. The van der Waals surface area contributed by atoms with Gasteiger partial charge in [0.1, 0.15) is 0 Å². The number of carbonyl (C=O) groups is 1. The van der Waals surface area contributed by atoms with Crippen LogP contribution in [0.3, 0.4) is 0 Å². The molecule has 108 valence electrons. The lowest BCUT2D eigenvalue weighted by atomic mass is 10.00. The Kier molecular flexibility index (Phi) is 4.16. The summed E-state index contributed by atoms with van der Waals surface area (Å²) in [4.78, 5) is 23.5. The maximum absolute atomic E-state index is 13.2. The van der Waals surface area contributed by atoms with Crippen LogP contribution in [0.2, 0.25) is 0 Å². The molecule has 0 spiro atoms. The van der Waals surface area contributed by atoms with Crippen molar-refractivity contribution in [2.45, 2.75) is 19.8 Å². The molecule has 7 heteroatoms. The van der Waals surface area contributed by atoms with E-state index in [9.17, 15) is 19.3 Å². The van der Waals surface area contributed by atoms with E-state index in [1.54, 1.807) is 4.90 Å². The topological polar surface area (TPSA) is 75.5 Å². The summed E-state index contributed by atoms with van der Waals surface area (Å²) in [5, 5.41) is 13.2. The summed E-state index contributed by atoms with van der Waals surface area (Å²) >= 11 is 0. The minimum atomic E-state index is -0.917. The number of piperidine rings is 1. The average Bonchev–Trinajstić information content (AvgIpc) is 2.41. The van der Waals surface area contributed by atoms with E-state index in [2.05, 4.69) is 12.2 Å². The molecule has 1 aliphatic rings. The fraction of sp³-hybridized carbons (Fsp3) is 0.462. The molecule has 6 nitrogen and oxygen atoms in total. The van der Waals surface area contributed by atoms with E-state index in [4.69, 9.17) is 0 Å². The standard InChI is InChI=1S/C13H16FN3O3/c1-9-4-6-16(7-5-9)13(18)15-10-2-3-11(14)12(8-10)17(19)20/h2-3,8-9H,4-7H2,1H3,(H,15,18). The molecule has 0 bridgehead atoms. The lowest BCUT2D eigenvalue weighted by molar-refractivity contribution is -0.387. The van der Waals surface area contributed by atoms with Gasteiger partial charge in [0, 0.05) is 24.8 Å². The Balaban J connectivity index is 2.04. The van der Waals surface area contributed by atoms with Crippen LogP contribution >= 0.6 is 0 Å². The summed E-state index contributed by atoms with van der Waals surface area (Å²) in [7, 11) is 0. The Labute approximate surface area is 115 Å². The highest BCUT2D eigenvalue weighted by molar-refractivity contribution is 5.89. The van der Waals surface area contributed by atoms with Gasteiger partial charge in [-0.25, -0.2) is 4.79 Å². The third-order valence-electron chi connectivity index (χ3n) is 3.46. The van der Waals surface area contributed by atoms with Crippen LogP contribution in [0.1, 0.15) is 19.8 Å². The molecule has 0 unspecified atom stereocenters. The molecule has 0 aromatic heterocycles. The predicted octanol–water partition coefficient (Wildman–Crippen LogP) is 3.00. The first-order valence-corrected chi connectivity index (χ1v) is 6.47. The van der Waals surface area contributed by atoms with Crippen LogP contribution in [0.4, 0.5) is 20.6 Å². The highest BCUT2D eigenvalue weighted by Crippen LogP contribution is 2.22. The summed E-state index contributed by atoms with van der Waals surface area (Å²) in [6.45, 7) is 3.46. The number of nitrogens with one attached hydrogen (secondary N) is 1. The number of amides is 2. The fourth-order valence-corrected chi connectivity index (χ4v) is 2.14. The Morgan fingerprint density at radius 1 is 1.45 bits per heavy atom. The molecule has 2 rings (SSSR count). The van der Waals surface area contributed by atoms with E-state index in [-0.39, 0.29) is 11.7 Å². The van der Waals surface area contributed by atoms with Crippen molar-refractivity contribution in [2.24, 2.45) is 5.92 Å². The number of rotatable bonds is 2. The van der Waals surface area contributed by atoms with Gasteiger partial charge in [0.2, 0.25) is 5.82 Å². The Hall–Kier alpha value is -2.18. The second-order valence-electron chi connectivity index (χ2n) is 5.02. The van der Waals surface area contributed by atoms with Crippen molar-refractivity contribution in [3.63, 3.8) is 0 Å². The van der Waals surface area contributed by atoms with Gasteiger partial charge in [-0.05, 0) is 30.9 Å². The van der Waals surface area contributed by atoms with Gasteiger partial charge >= 0.3 is 11.7 Å². The maximum Gasteiger partial charge on any atom is 0.321 e. The van der Waals surface area contributed by atoms with Gasteiger partial charge in [0.25, 0.3) is 0 Å². The molecular weight excluding hydrogens is 265 g/mol. The fourth-order valence-electron chi connectivity index (χ4n) is 2.14. The van der Waals surface area contributed by atoms with Crippen molar-refractivity contribution in [2.75, 3.05) is 18.4 Å². The van der Waals surface area contributed by atoms with Crippen LogP contribution in [0.15, 0.2) is 18.2 Å². The quantitative estimate of drug-likeness (QED) is 0.668. The van der Waals surface area contributed by atoms with Crippen molar-refractivity contribution in [3.8, 4) is 0 Å². The van der Waals surface area contributed by atoms with E-state index in [0.29, 0.717) is 19.0 Å². The zero-order valence-corrected chi connectivity index (χ0v) is 11.1. The largest absolute Gasteiger partial charge is 0.325 e. The predicted molar refractivity (Wildman–Crippen MR) is 72.0 cm³/mol. The van der Waals surface area contributed by atoms with E-state index >= 15 is 0 Å². The molecule has 0 radical (unpaired) electrons.